The lowest BCUT2D eigenvalue weighted by Crippen LogP contribution is -2.39. The van der Waals surface area contributed by atoms with Crippen molar-refractivity contribution in [1.29, 1.82) is 0 Å². The number of benzene rings is 1. The van der Waals surface area contributed by atoms with E-state index in [1.165, 1.54) is 37.0 Å². The van der Waals surface area contributed by atoms with Crippen LogP contribution in [0.15, 0.2) is 29.0 Å². The third kappa shape index (κ3) is 2.82. The van der Waals surface area contributed by atoms with E-state index in [1.807, 2.05) is 6.07 Å². The van der Waals surface area contributed by atoms with Gasteiger partial charge in [0.1, 0.15) is 0 Å². The Morgan fingerprint density at radius 2 is 2.30 bits per heavy atom. The number of likely N-dealkylation sites (N-methyl/N-ethyl adjacent to an activating group) is 1. The average molecular weight is 272 g/mol. The largest absolute Gasteiger partial charge is 0.423 e. The highest BCUT2D eigenvalue weighted by Gasteiger charge is 2.17. The zero-order valence-electron chi connectivity index (χ0n) is 12.0. The molecule has 0 radical (unpaired) electrons. The molecule has 5 nitrogen and oxygen atoms in total. The van der Waals surface area contributed by atoms with Crippen molar-refractivity contribution in [1.82, 2.24) is 15.1 Å². The summed E-state index contributed by atoms with van der Waals surface area (Å²) in [4.78, 5) is 2.38. The van der Waals surface area contributed by atoms with Gasteiger partial charge in [-0.25, -0.2) is 0 Å². The summed E-state index contributed by atoms with van der Waals surface area (Å²) in [6.45, 7) is 4.41. The van der Waals surface area contributed by atoms with Crippen LogP contribution in [-0.2, 0) is 0 Å². The number of aryl methyl sites for hydroxylation is 1. The molecule has 0 bridgehead atoms. The predicted octanol–water partition coefficient (Wildman–Crippen LogP) is 2.55. The van der Waals surface area contributed by atoms with Crippen molar-refractivity contribution in [2.75, 3.05) is 25.5 Å². The van der Waals surface area contributed by atoms with Crippen LogP contribution in [0.2, 0.25) is 0 Å². The minimum absolute atomic E-state index is 0.529. The van der Waals surface area contributed by atoms with Gasteiger partial charge in [0.25, 0.3) is 0 Å². The summed E-state index contributed by atoms with van der Waals surface area (Å²) in [5, 5.41) is 11.3. The zero-order valence-corrected chi connectivity index (χ0v) is 12.0. The Morgan fingerprint density at radius 3 is 3.00 bits per heavy atom. The highest BCUT2D eigenvalue weighted by atomic mass is 16.4. The maximum absolute atomic E-state index is 5.23. The molecular formula is C15H20N4O. The van der Waals surface area contributed by atoms with Crippen LogP contribution in [0, 0.1) is 6.92 Å². The molecule has 0 spiro atoms. The average Bonchev–Trinajstić information content (AvgIpc) is 2.95. The van der Waals surface area contributed by atoms with Crippen molar-refractivity contribution < 1.29 is 4.42 Å². The molecule has 1 aromatic heterocycles. The maximum Gasteiger partial charge on any atom is 0.247 e. The van der Waals surface area contributed by atoms with Gasteiger partial charge in [0.15, 0.2) is 0 Å². The Balaban J connectivity index is 1.74. The van der Waals surface area contributed by atoms with Crippen molar-refractivity contribution in [3.63, 3.8) is 0 Å². The van der Waals surface area contributed by atoms with Gasteiger partial charge in [-0.05, 0) is 57.1 Å². The van der Waals surface area contributed by atoms with Crippen molar-refractivity contribution in [3.05, 3.63) is 30.2 Å². The summed E-state index contributed by atoms with van der Waals surface area (Å²) in [7, 11) is 2.18. The summed E-state index contributed by atoms with van der Waals surface area (Å²) >= 11 is 0. The zero-order chi connectivity index (χ0) is 13.9. The van der Waals surface area contributed by atoms with Crippen molar-refractivity contribution in [2.24, 2.45) is 0 Å². The monoisotopic (exact) mass is 272 g/mol. The number of piperidine rings is 1. The summed E-state index contributed by atoms with van der Waals surface area (Å²) < 4.78 is 5.23. The molecule has 2 aromatic rings. The second kappa shape index (κ2) is 5.63. The van der Waals surface area contributed by atoms with Gasteiger partial charge < -0.3 is 14.6 Å². The lowest BCUT2D eigenvalue weighted by atomic mass is 10.0. The van der Waals surface area contributed by atoms with E-state index in [4.69, 9.17) is 4.42 Å². The Kier molecular flexibility index (Phi) is 3.69. The van der Waals surface area contributed by atoms with Crippen LogP contribution in [0.5, 0.6) is 0 Å². The minimum atomic E-state index is 0.529. The van der Waals surface area contributed by atoms with Crippen molar-refractivity contribution >= 4 is 5.69 Å². The van der Waals surface area contributed by atoms with Gasteiger partial charge in [-0.2, -0.15) is 0 Å². The van der Waals surface area contributed by atoms with Crippen LogP contribution >= 0.6 is 0 Å². The maximum atomic E-state index is 5.23. The molecule has 1 aromatic carbocycles. The molecule has 1 atom stereocenters. The molecule has 20 heavy (non-hydrogen) atoms. The van der Waals surface area contributed by atoms with Gasteiger partial charge in [-0.3, -0.25) is 0 Å². The molecule has 1 aliphatic heterocycles. The number of aromatic nitrogens is 2. The van der Waals surface area contributed by atoms with E-state index >= 15 is 0 Å². The molecule has 3 rings (SSSR count). The normalized spacial score (nSPS) is 20.0. The molecule has 0 aliphatic carbocycles. The van der Waals surface area contributed by atoms with E-state index < -0.39 is 0 Å². The van der Waals surface area contributed by atoms with E-state index in [9.17, 15) is 0 Å². The topological polar surface area (TPSA) is 54.2 Å². The van der Waals surface area contributed by atoms with Gasteiger partial charge in [-0.15, -0.1) is 10.2 Å². The highest BCUT2D eigenvalue weighted by Crippen LogP contribution is 2.24. The van der Waals surface area contributed by atoms with Gasteiger partial charge in [-0.1, -0.05) is 0 Å². The van der Waals surface area contributed by atoms with Gasteiger partial charge in [0.05, 0.1) is 0 Å². The van der Waals surface area contributed by atoms with Gasteiger partial charge in [0.2, 0.25) is 12.3 Å². The van der Waals surface area contributed by atoms with E-state index in [0.717, 1.165) is 12.1 Å². The van der Waals surface area contributed by atoms with E-state index in [0.29, 0.717) is 11.9 Å². The second-order valence-corrected chi connectivity index (χ2v) is 5.52. The molecule has 1 fully saturated rings. The number of hydrogen-bond donors (Lipinski definition) is 1. The third-order valence-corrected chi connectivity index (χ3v) is 3.82. The summed E-state index contributed by atoms with van der Waals surface area (Å²) in [6, 6.07) is 6.74. The third-order valence-electron chi connectivity index (χ3n) is 3.82. The molecule has 0 amide bonds. The predicted molar refractivity (Wildman–Crippen MR) is 78.6 cm³/mol. The number of nitrogens with one attached hydrogen (secondary N) is 1. The van der Waals surface area contributed by atoms with Crippen LogP contribution in [0.4, 0.5) is 5.69 Å². The number of hydrogen-bond acceptors (Lipinski definition) is 5. The quantitative estimate of drug-likeness (QED) is 0.930. The Labute approximate surface area is 119 Å². The number of likely N-dealkylation sites (tertiary alicyclic amines) is 1. The first-order chi connectivity index (χ1) is 9.72. The summed E-state index contributed by atoms with van der Waals surface area (Å²) in [5.74, 6) is 0.567. The van der Waals surface area contributed by atoms with Crippen LogP contribution < -0.4 is 5.32 Å². The van der Waals surface area contributed by atoms with Crippen molar-refractivity contribution in [3.8, 4) is 11.5 Å². The SMILES string of the molecule is Cc1cc(-c2nnco2)ccc1NC1CCCN(C)C1. The first-order valence-electron chi connectivity index (χ1n) is 7.04. The molecule has 5 heteroatoms. The number of rotatable bonds is 3. The number of anilines is 1. The Hall–Kier alpha value is -1.88. The molecule has 106 valence electrons. The molecule has 1 aliphatic rings. The van der Waals surface area contributed by atoms with E-state index in [2.05, 4.69) is 46.5 Å². The van der Waals surface area contributed by atoms with Crippen LogP contribution in [-0.4, -0.2) is 41.3 Å². The fourth-order valence-electron chi connectivity index (χ4n) is 2.76. The Morgan fingerprint density at radius 1 is 1.40 bits per heavy atom. The number of nitrogens with zero attached hydrogens (tertiary/aromatic N) is 3. The minimum Gasteiger partial charge on any atom is -0.423 e. The van der Waals surface area contributed by atoms with Crippen molar-refractivity contribution in [2.45, 2.75) is 25.8 Å². The first-order valence-corrected chi connectivity index (χ1v) is 7.04. The van der Waals surface area contributed by atoms with Crippen LogP contribution in [0.25, 0.3) is 11.5 Å². The lowest BCUT2D eigenvalue weighted by molar-refractivity contribution is 0.261. The fraction of sp³-hybridized carbons (Fsp3) is 0.467. The second-order valence-electron chi connectivity index (χ2n) is 5.52. The molecule has 2 heterocycles. The molecule has 0 saturated carbocycles. The van der Waals surface area contributed by atoms with Gasteiger partial charge in [0, 0.05) is 23.8 Å². The Bertz CT molecular complexity index is 567. The van der Waals surface area contributed by atoms with E-state index in [-0.39, 0.29) is 0 Å². The van der Waals surface area contributed by atoms with Crippen LogP contribution in [0.1, 0.15) is 18.4 Å². The summed E-state index contributed by atoms with van der Waals surface area (Å²) in [5.41, 5.74) is 3.36. The first kappa shape index (κ1) is 13.1. The lowest BCUT2D eigenvalue weighted by Gasteiger charge is -2.31. The molecule has 1 N–H and O–H groups in total. The van der Waals surface area contributed by atoms with E-state index in [1.54, 1.807) is 0 Å². The molecular weight excluding hydrogens is 252 g/mol. The smallest absolute Gasteiger partial charge is 0.247 e. The van der Waals surface area contributed by atoms with Crippen LogP contribution in [0.3, 0.4) is 0 Å². The van der Waals surface area contributed by atoms with Gasteiger partial charge >= 0.3 is 0 Å². The molecule has 1 unspecified atom stereocenters. The molecule has 1 saturated heterocycles. The standard InChI is InChI=1S/C15H20N4O/c1-11-8-12(15-18-16-10-20-15)5-6-14(11)17-13-4-3-7-19(2)9-13/h5-6,8,10,13,17H,3-4,7,9H2,1-2H3. The fourth-order valence-corrected chi connectivity index (χ4v) is 2.76. The highest BCUT2D eigenvalue weighted by molar-refractivity contribution is 5.62. The summed E-state index contributed by atoms with van der Waals surface area (Å²) in [6.07, 6.45) is 3.84.